The Morgan fingerprint density at radius 3 is 2.11 bits per heavy atom. The van der Waals surface area contributed by atoms with Gasteiger partial charge in [-0.2, -0.15) is 0 Å². The Morgan fingerprint density at radius 1 is 0.944 bits per heavy atom. The molecule has 0 amide bonds. The third kappa shape index (κ3) is 2.66. The molecule has 0 heterocycles. The van der Waals surface area contributed by atoms with Crippen LogP contribution in [0.5, 0.6) is 11.5 Å². The van der Waals surface area contributed by atoms with Crippen LogP contribution in [0.3, 0.4) is 0 Å². The minimum Gasteiger partial charge on any atom is -0.451 e. The van der Waals surface area contributed by atoms with E-state index in [1.54, 1.807) is 30.3 Å². The van der Waals surface area contributed by atoms with Crippen molar-refractivity contribution in [3.63, 3.8) is 0 Å². The van der Waals surface area contributed by atoms with Gasteiger partial charge in [-0.05, 0) is 42.1 Å². The summed E-state index contributed by atoms with van der Waals surface area (Å²) in [5.41, 5.74) is 6.12. The zero-order chi connectivity index (χ0) is 13.0. The van der Waals surface area contributed by atoms with Crippen molar-refractivity contribution < 1.29 is 13.5 Å². The molecule has 2 rings (SSSR count). The van der Waals surface area contributed by atoms with Gasteiger partial charge in [-0.1, -0.05) is 18.2 Å². The van der Waals surface area contributed by atoms with E-state index in [0.717, 1.165) is 17.7 Å². The van der Waals surface area contributed by atoms with Crippen molar-refractivity contribution in [3.05, 3.63) is 65.9 Å². The van der Waals surface area contributed by atoms with Crippen LogP contribution >= 0.6 is 0 Å². The van der Waals surface area contributed by atoms with Crippen LogP contribution in [0, 0.1) is 11.6 Å². The Kier molecular flexibility index (Phi) is 3.57. The highest BCUT2D eigenvalue weighted by atomic mass is 19.1. The van der Waals surface area contributed by atoms with Crippen molar-refractivity contribution in [1.82, 2.24) is 0 Å². The number of ether oxygens (including phenoxy) is 1. The van der Waals surface area contributed by atoms with Crippen molar-refractivity contribution in [3.8, 4) is 11.5 Å². The highest BCUT2D eigenvalue weighted by Gasteiger charge is 2.10. The summed E-state index contributed by atoms with van der Waals surface area (Å²) in [7, 11) is 0. The summed E-state index contributed by atoms with van der Waals surface area (Å²) in [6, 6.07) is 10.3. The third-order valence-corrected chi connectivity index (χ3v) is 2.31. The van der Waals surface area contributed by atoms with Gasteiger partial charge >= 0.3 is 0 Å². The van der Waals surface area contributed by atoms with Gasteiger partial charge in [-0.3, -0.25) is 0 Å². The van der Waals surface area contributed by atoms with E-state index in [0.29, 0.717) is 5.75 Å². The van der Waals surface area contributed by atoms with E-state index >= 15 is 0 Å². The van der Waals surface area contributed by atoms with Crippen molar-refractivity contribution in [2.45, 2.75) is 0 Å². The average molecular weight is 247 g/mol. The Bertz CT molecular complexity index is 544. The number of hydrogen-bond acceptors (Lipinski definition) is 2. The van der Waals surface area contributed by atoms with E-state index in [-0.39, 0.29) is 0 Å². The third-order valence-electron chi connectivity index (χ3n) is 2.31. The van der Waals surface area contributed by atoms with E-state index in [1.807, 2.05) is 0 Å². The normalized spacial score (nSPS) is 10.8. The molecule has 0 aliphatic rings. The molecule has 2 aromatic carbocycles. The van der Waals surface area contributed by atoms with Gasteiger partial charge in [0.05, 0.1) is 0 Å². The van der Waals surface area contributed by atoms with Gasteiger partial charge in [0.1, 0.15) is 5.75 Å². The molecule has 0 fully saturated rings. The van der Waals surface area contributed by atoms with Crippen molar-refractivity contribution >= 4 is 6.08 Å². The molecule has 0 radical (unpaired) electrons. The first-order valence-corrected chi connectivity index (χ1v) is 5.31. The van der Waals surface area contributed by atoms with Gasteiger partial charge in [-0.25, -0.2) is 8.78 Å². The molecule has 0 spiro atoms. The highest BCUT2D eigenvalue weighted by Crippen LogP contribution is 2.27. The van der Waals surface area contributed by atoms with Gasteiger partial charge < -0.3 is 10.5 Å². The molecule has 0 atom stereocenters. The Balaban J connectivity index is 2.23. The van der Waals surface area contributed by atoms with Crippen molar-refractivity contribution in [2.75, 3.05) is 0 Å². The van der Waals surface area contributed by atoms with Gasteiger partial charge in [0.25, 0.3) is 0 Å². The van der Waals surface area contributed by atoms with Gasteiger partial charge in [0.2, 0.25) is 0 Å². The number of halogens is 2. The topological polar surface area (TPSA) is 35.2 Å². The van der Waals surface area contributed by atoms with E-state index in [1.165, 1.54) is 12.3 Å². The van der Waals surface area contributed by atoms with Crippen LogP contribution in [0.25, 0.3) is 6.08 Å². The maximum absolute atomic E-state index is 13.3. The predicted molar refractivity (Wildman–Crippen MR) is 66.1 cm³/mol. The lowest BCUT2D eigenvalue weighted by atomic mass is 10.2. The number of benzene rings is 2. The maximum atomic E-state index is 13.3. The summed E-state index contributed by atoms with van der Waals surface area (Å²) < 4.78 is 31.9. The first kappa shape index (κ1) is 12.1. The van der Waals surface area contributed by atoms with Crippen LogP contribution in [-0.4, -0.2) is 0 Å². The molecule has 2 aromatic rings. The molecule has 0 aromatic heterocycles. The maximum Gasteiger partial charge on any atom is 0.198 e. The molecule has 0 aliphatic heterocycles. The fourth-order valence-electron chi connectivity index (χ4n) is 1.46. The second kappa shape index (κ2) is 5.31. The van der Waals surface area contributed by atoms with Crippen LogP contribution in [0.1, 0.15) is 5.56 Å². The molecular weight excluding hydrogens is 236 g/mol. The lowest BCUT2D eigenvalue weighted by Crippen LogP contribution is -1.92. The molecule has 0 bridgehead atoms. The molecule has 4 heteroatoms. The average Bonchev–Trinajstić information content (AvgIpc) is 2.36. The van der Waals surface area contributed by atoms with Crippen molar-refractivity contribution in [2.24, 2.45) is 5.73 Å². The lowest BCUT2D eigenvalue weighted by molar-refractivity contribution is 0.407. The first-order valence-electron chi connectivity index (χ1n) is 5.31. The van der Waals surface area contributed by atoms with Crippen LogP contribution < -0.4 is 10.5 Å². The second-order valence-electron chi connectivity index (χ2n) is 3.58. The van der Waals surface area contributed by atoms with Gasteiger partial charge in [0, 0.05) is 0 Å². The summed E-state index contributed by atoms with van der Waals surface area (Å²) in [6.45, 7) is 0. The van der Waals surface area contributed by atoms with Crippen LogP contribution in [0.4, 0.5) is 8.78 Å². The summed E-state index contributed by atoms with van der Waals surface area (Å²) in [5.74, 6) is -1.52. The van der Waals surface area contributed by atoms with Crippen LogP contribution in [0.2, 0.25) is 0 Å². The standard InChI is InChI=1S/C14H11F2NO/c15-12-2-1-3-13(16)14(12)18-11-6-4-10(5-7-11)8-9-17/h1-9H,17H2/b9-8+. The molecule has 18 heavy (non-hydrogen) atoms. The molecule has 0 saturated carbocycles. The monoisotopic (exact) mass is 247 g/mol. The summed E-state index contributed by atoms with van der Waals surface area (Å²) in [5, 5.41) is 0. The van der Waals surface area contributed by atoms with E-state index in [4.69, 9.17) is 10.5 Å². The zero-order valence-electron chi connectivity index (χ0n) is 9.44. The Labute approximate surface area is 103 Å². The minimum absolute atomic E-state index is 0.355. The summed E-state index contributed by atoms with van der Waals surface area (Å²) in [4.78, 5) is 0. The van der Waals surface area contributed by atoms with E-state index < -0.39 is 17.4 Å². The summed E-state index contributed by atoms with van der Waals surface area (Å²) >= 11 is 0. The fraction of sp³-hybridized carbons (Fsp3) is 0. The first-order chi connectivity index (χ1) is 8.70. The smallest absolute Gasteiger partial charge is 0.198 e. The Morgan fingerprint density at radius 2 is 1.56 bits per heavy atom. The van der Waals surface area contributed by atoms with Crippen LogP contribution in [-0.2, 0) is 0 Å². The molecule has 2 nitrogen and oxygen atoms in total. The molecule has 2 N–H and O–H groups in total. The Hall–Kier alpha value is -2.36. The zero-order valence-corrected chi connectivity index (χ0v) is 9.44. The molecule has 92 valence electrons. The lowest BCUT2D eigenvalue weighted by Gasteiger charge is -2.07. The fourth-order valence-corrected chi connectivity index (χ4v) is 1.46. The molecule has 0 unspecified atom stereocenters. The molecule has 0 saturated heterocycles. The quantitative estimate of drug-likeness (QED) is 0.897. The SMILES string of the molecule is N/C=C/c1ccc(Oc2c(F)cccc2F)cc1. The van der Waals surface area contributed by atoms with Crippen molar-refractivity contribution in [1.29, 1.82) is 0 Å². The highest BCUT2D eigenvalue weighted by molar-refractivity contribution is 5.50. The van der Waals surface area contributed by atoms with E-state index in [9.17, 15) is 8.78 Å². The number of para-hydroxylation sites is 1. The number of nitrogens with two attached hydrogens (primary N) is 1. The largest absolute Gasteiger partial charge is 0.451 e. The summed E-state index contributed by atoms with van der Waals surface area (Å²) in [6.07, 6.45) is 3.11. The molecular formula is C14H11F2NO. The van der Waals surface area contributed by atoms with Gasteiger partial charge in [0.15, 0.2) is 17.4 Å². The van der Waals surface area contributed by atoms with Crippen LogP contribution in [0.15, 0.2) is 48.7 Å². The number of rotatable bonds is 3. The minimum atomic E-state index is -0.735. The predicted octanol–water partition coefficient (Wildman–Crippen LogP) is 3.69. The van der Waals surface area contributed by atoms with E-state index in [2.05, 4.69) is 0 Å². The van der Waals surface area contributed by atoms with Gasteiger partial charge in [-0.15, -0.1) is 0 Å². The molecule has 0 aliphatic carbocycles. The second-order valence-corrected chi connectivity index (χ2v) is 3.58. The number of hydrogen-bond donors (Lipinski definition) is 1.